The Kier molecular flexibility index (Phi) is 6.95. The number of rotatable bonds is 5. The number of aryl methyl sites for hydroxylation is 1. The Bertz CT molecular complexity index is 1260. The van der Waals surface area contributed by atoms with Crippen LogP contribution in [0.2, 0.25) is 0 Å². The normalized spacial score (nSPS) is 14.6. The van der Waals surface area contributed by atoms with Gasteiger partial charge in [0.2, 0.25) is 11.8 Å². The standard InChI is InChI=1S/C24H32N8O4/c1-15-13-32-14-18(25-12-19(32)27-15)28-20(33)17-11-26-22(29-21(17)35-6)30(5)16-7-9-31(10-8-16)23(34)36-24(2,3)4/h11-14,16H,7-10H2,1-6H3,(H,28,33). The summed E-state index contributed by atoms with van der Waals surface area (Å²) in [6.45, 7) is 8.61. The van der Waals surface area contributed by atoms with Crippen LogP contribution in [0.25, 0.3) is 5.65 Å². The Morgan fingerprint density at radius 3 is 2.50 bits per heavy atom. The van der Waals surface area contributed by atoms with Gasteiger partial charge in [-0.3, -0.25) is 4.79 Å². The second-order valence-corrected chi connectivity index (χ2v) is 9.78. The quantitative estimate of drug-likeness (QED) is 0.567. The maximum Gasteiger partial charge on any atom is 0.410 e. The van der Waals surface area contributed by atoms with E-state index in [1.165, 1.54) is 13.3 Å². The van der Waals surface area contributed by atoms with E-state index in [0.29, 0.717) is 30.5 Å². The monoisotopic (exact) mass is 496 g/mol. The molecule has 0 radical (unpaired) electrons. The number of imidazole rings is 1. The number of anilines is 2. The molecule has 1 saturated heterocycles. The van der Waals surface area contributed by atoms with E-state index in [2.05, 4.69) is 25.3 Å². The third kappa shape index (κ3) is 5.64. The van der Waals surface area contributed by atoms with Gasteiger partial charge in [-0.2, -0.15) is 4.98 Å². The molecule has 12 heteroatoms. The van der Waals surface area contributed by atoms with Crippen molar-refractivity contribution in [3.63, 3.8) is 0 Å². The van der Waals surface area contributed by atoms with Gasteiger partial charge in [-0.25, -0.2) is 19.7 Å². The largest absolute Gasteiger partial charge is 0.480 e. The van der Waals surface area contributed by atoms with Crippen molar-refractivity contribution >= 4 is 29.4 Å². The minimum atomic E-state index is -0.523. The van der Waals surface area contributed by atoms with Crippen LogP contribution in [0.4, 0.5) is 16.6 Å². The van der Waals surface area contributed by atoms with Gasteiger partial charge in [0.1, 0.15) is 17.0 Å². The predicted octanol–water partition coefficient (Wildman–Crippen LogP) is 2.92. The highest BCUT2D eigenvalue weighted by Gasteiger charge is 2.30. The van der Waals surface area contributed by atoms with Crippen molar-refractivity contribution in [2.45, 2.75) is 52.2 Å². The molecule has 1 aliphatic heterocycles. The number of carbonyl (C=O) groups excluding carboxylic acids is 2. The van der Waals surface area contributed by atoms with Gasteiger partial charge in [0.05, 0.1) is 25.2 Å². The van der Waals surface area contributed by atoms with Crippen LogP contribution < -0.4 is 15.0 Å². The van der Waals surface area contributed by atoms with Crippen molar-refractivity contribution in [3.8, 4) is 5.88 Å². The number of likely N-dealkylation sites (tertiary alicyclic amines) is 1. The molecule has 2 amide bonds. The molecule has 1 fully saturated rings. The topological polar surface area (TPSA) is 127 Å². The van der Waals surface area contributed by atoms with Crippen LogP contribution in [-0.2, 0) is 4.74 Å². The van der Waals surface area contributed by atoms with Crippen LogP contribution in [0.5, 0.6) is 5.88 Å². The molecule has 1 N–H and O–H groups in total. The number of piperidine rings is 1. The Morgan fingerprint density at radius 2 is 1.83 bits per heavy atom. The Balaban J connectivity index is 1.41. The molecule has 3 aromatic heterocycles. The molecule has 4 heterocycles. The van der Waals surface area contributed by atoms with Crippen LogP contribution in [0.1, 0.15) is 49.7 Å². The second kappa shape index (κ2) is 9.96. The molecule has 0 unspecified atom stereocenters. The van der Waals surface area contributed by atoms with Crippen LogP contribution in [0, 0.1) is 6.92 Å². The average molecular weight is 497 g/mol. The summed E-state index contributed by atoms with van der Waals surface area (Å²) < 4.78 is 12.7. The fraction of sp³-hybridized carbons (Fsp3) is 0.500. The molecule has 0 spiro atoms. The van der Waals surface area contributed by atoms with E-state index in [9.17, 15) is 9.59 Å². The van der Waals surface area contributed by atoms with E-state index >= 15 is 0 Å². The second-order valence-electron chi connectivity index (χ2n) is 9.78. The van der Waals surface area contributed by atoms with E-state index in [0.717, 1.165) is 18.5 Å². The van der Waals surface area contributed by atoms with Gasteiger partial charge in [-0.1, -0.05) is 0 Å². The zero-order chi connectivity index (χ0) is 26.0. The van der Waals surface area contributed by atoms with Crippen LogP contribution in [-0.4, -0.2) is 80.1 Å². The first-order valence-electron chi connectivity index (χ1n) is 11.8. The molecule has 192 valence electrons. The van der Waals surface area contributed by atoms with Gasteiger partial charge < -0.3 is 29.0 Å². The maximum atomic E-state index is 12.9. The van der Waals surface area contributed by atoms with E-state index in [1.807, 2.05) is 45.8 Å². The number of ether oxygens (including phenoxy) is 2. The average Bonchev–Trinajstić information content (AvgIpc) is 3.21. The number of nitrogens with zero attached hydrogens (tertiary/aromatic N) is 7. The number of fused-ring (bicyclic) bond motifs is 1. The molecular weight excluding hydrogens is 464 g/mol. The van der Waals surface area contributed by atoms with E-state index in [-0.39, 0.29) is 23.6 Å². The van der Waals surface area contributed by atoms with E-state index in [1.54, 1.807) is 21.7 Å². The first-order valence-corrected chi connectivity index (χ1v) is 11.8. The summed E-state index contributed by atoms with van der Waals surface area (Å²) in [4.78, 5) is 46.4. The van der Waals surface area contributed by atoms with E-state index < -0.39 is 11.5 Å². The highest BCUT2D eigenvalue weighted by atomic mass is 16.6. The third-order valence-electron chi connectivity index (χ3n) is 5.86. The molecule has 1 aliphatic rings. The smallest absolute Gasteiger partial charge is 0.410 e. The van der Waals surface area contributed by atoms with Crippen LogP contribution in [0.15, 0.2) is 24.8 Å². The van der Waals surface area contributed by atoms with Crippen LogP contribution >= 0.6 is 0 Å². The molecule has 0 aromatic carbocycles. The van der Waals surface area contributed by atoms with Crippen molar-refractivity contribution in [1.29, 1.82) is 0 Å². The zero-order valence-electron chi connectivity index (χ0n) is 21.5. The number of carbonyl (C=O) groups is 2. The molecule has 4 rings (SSSR count). The summed E-state index contributed by atoms with van der Waals surface area (Å²) in [5, 5.41) is 2.76. The van der Waals surface area contributed by atoms with Crippen molar-refractivity contribution in [1.82, 2.24) is 29.2 Å². The summed E-state index contributed by atoms with van der Waals surface area (Å²) in [5.41, 5.74) is 1.21. The van der Waals surface area contributed by atoms with Gasteiger partial charge in [-0.05, 0) is 40.5 Å². The van der Waals surface area contributed by atoms with Crippen molar-refractivity contribution in [2.24, 2.45) is 0 Å². The lowest BCUT2D eigenvalue weighted by Gasteiger charge is -2.37. The van der Waals surface area contributed by atoms with Gasteiger partial charge in [-0.15, -0.1) is 0 Å². The Hall–Kier alpha value is -3.96. The summed E-state index contributed by atoms with van der Waals surface area (Å²) in [6.07, 6.45) is 7.75. The maximum absolute atomic E-state index is 12.9. The summed E-state index contributed by atoms with van der Waals surface area (Å²) in [7, 11) is 3.36. The zero-order valence-corrected chi connectivity index (χ0v) is 21.5. The lowest BCUT2D eigenvalue weighted by molar-refractivity contribution is 0.0205. The fourth-order valence-corrected chi connectivity index (χ4v) is 4.04. The molecule has 12 nitrogen and oxygen atoms in total. The first kappa shape index (κ1) is 25.1. The minimum absolute atomic E-state index is 0.127. The molecule has 0 atom stereocenters. The third-order valence-corrected chi connectivity index (χ3v) is 5.86. The van der Waals surface area contributed by atoms with Crippen molar-refractivity contribution < 1.29 is 19.1 Å². The van der Waals surface area contributed by atoms with Crippen LogP contribution in [0.3, 0.4) is 0 Å². The van der Waals surface area contributed by atoms with Gasteiger partial charge >= 0.3 is 6.09 Å². The SMILES string of the molecule is COc1nc(N(C)C2CCN(C(=O)OC(C)(C)C)CC2)ncc1C(=O)Nc1cn2cc(C)nc2cn1. The summed E-state index contributed by atoms with van der Waals surface area (Å²) in [5.74, 6) is 0.531. The molecule has 3 aromatic rings. The fourth-order valence-electron chi connectivity index (χ4n) is 4.04. The van der Waals surface area contributed by atoms with Gasteiger partial charge in [0.25, 0.3) is 5.91 Å². The van der Waals surface area contributed by atoms with Crippen molar-refractivity contribution in [2.75, 3.05) is 37.5 Å². The first-order chi connectivity index (χ1) is 17.0. The summed E-state index contributed by atoms with van der Waals surface area (Å²) >= 11 is 0. The Labute approximate surface area is 209 Å². The number of hydrogen-bond donors (Lipinski definition) is 1. The Morgan fingerprint density at radius 1 is 1.11 bits per heavy atom. The predicted molar refractivity (Wildman–Crippen MR) is 133 cm³/mol. The minimum Gasteiger partial charge on any atom is -0.480 e. The number of aromatic nitrogens is 5. The van der Waals surface area contributed by atoms with Gasteiger partial charge in [0, 0.05) is 38.6 Å². The number of methoxy groups -OCH3 is 1. The lowest BCUT2D eigenvalue weighted by Crippen LogP contribution is -2.47. The molecular formula is C24H32N8O4. The molecule has 36 heavy (non-hydrogen) atoms. The summed E-state index contributed by atoms with van der Waals surface area (Å²) in [6, 6.07) is 0.127. The number of nitrogens with one attached hydrogen (secondary N) is 1. The highest BCUT2D eigenvalue weighted by Crippen LogP contribution is 2.24. The number of hydrogen-bond acceptors (Lipinski definition) is 9. The highest BCUT2D eigenvalue weighted by molar-refractivity contribution is 6.05. The number of amides is 2. The van der Waals surface area contributed by atoms with Crippen molar-refractivity contribution in [3.05, 3.63) is 36.0 Å². The van der Waals surface area contributed by atoms with Gasteiger partial charge in [0.15, 0.2) is 5.65 Å². The molecule has 0 aliphatic carbocycles. The lowest BCUT2D eigenvalue weighted by atomic mass is 10.0. The molecule has 0 saturated carbocycles. The molecule has 0 bridgehead atoms. The van der Waals surface area contributed by atoms with E-state index in [4.69, 9.17) is 9.47 Å².